The van der Waals surface area contributed by atoms with E-state index in [-0.39, 0.29) is 5.41 Å². The molecule has 0 aliphatic rings. The van der Waals surface area contributed by atoms with Crippen molar-refractivity contribution in [1.82, 2.24) is 10.3 Å². The molecular formula is C27H40N2O2. The van der Waals surface area contributed by atoms with Gasteiger partial charge in [0.25, 0.3) is 0 Å². The molecule has 0 aliphatic carbocycles. The van der Waals surface area contributed by atoms with Crippen molar-refractivity contribution in [1.29, 1.82) is 0 Å². The highest BCUT2D eigenvalue weighted by Gasteiger charge is 2.25. The van der Waals surface area contributed by atoms with E-state index < -0.39 is 11.7 Å². The van der Waals surface area contributed by atoms with Gasteiger partial charge >= 0.3 is 6.09 Å². The van der Waals surface area contributed by atoms with Crippen LogP contribution >= 0.6 is 0 Å². The standard InChI is InChI=1S/C27H40N2O2/c1-17(2)23-19(4)29-22(15-26(5,6)7)21(16-28-25(30)31-27(8,9)10)24(23)20-13-11-18(3)12-14-20/h11-14,17H,15-16H2,1-10H3,(H,28,30). The van der Waals surface area contributed by atoms with E-state index in [4.69, 9.17) is 9.72 Å². The highest BCUT2D eigenvalue weighted by atomic mass is 16.6. The molecule has 0 fully saturated rings. The molecule has 31 heavy (non-hydrogen) atoms. The highest BCUT2D eigenvalue weighted by Crippen LogP contribution is 2.37. The number of carbonyl (C=O) groups is 1. The normalized spacial score (nSPS) is 12.2. The van der Waals surface area contributed by atoms with Crippen LogP contribution in [0.3, 0.4) is 0 Å². The Morgan fingerprint density at radius 3 is 2.10 bits per heavy atom. The number of aryl methyl sites for hydroxylation is 2. The van der Waals surface area contributed by atoms with Gasteiger partial charge in [-0.15, -0.1) is 0 Å². The van der Waals surface area contributed by atoms with Gasteiger partial charge in [-0.1, -0.05) is 64.4 Å². The van der Waals surface area contributed by atoms with Crippen molar-refractivity contribution in [3.8, 4) is 11.1 Å². The van der Waals surface area contributed by atoms with E-state index in [1.54, 1.807) is 0 Å². The van der Waals surface area contributed by atoms with Gasteiger partial charge in [-0.25, -0.2) is 4.79 Å². The predicted molar refractivity (Wildman–Crippen MR) is 129 cm³/mol. The van der Waals surface area contributed by atoms with Crippen LogP contribution in [0.15, 0.2) is 24.3 Å². The maximum atomic E-state index is 12.5. The van der Waals surface area contributed by atoms with Crippen molar-refractivity contribution in [3.05, 3.63) is 52.3 Å². The number of hydrogen-bond acceptors (Lipinski definition) is 3. The van der Waals surface area contributed by atoms with E-state index >= 15 is 0 Å². The van der Waals surface area contributed by atoms with Crippen LogP contribution in [0.1, 0.15) is 89.4 Å². The fourth-order valence-electron chi connectivity index (χ4n) is 3.89. The first-order valence-corrected chi connectivity index (χ1v) is 11.2. The average Bonchev–Trinajstić information content (AvgIpc) is 2.57. The van der Waals surface area contributed by atoms with Crippen molar-refractivity contribution in [2.75, 3.05) is 0 Å². The van der Waals surface area contributed by atoms with E-state index in [9.17, 15) is 4.79 Å². The zero-order valence-electron chi connectivity index (χ0n) is 21.1. The second kappa shape index (κ2) is 9.42. The number of alkyl carbamates (subject to hydrolysis) is 1. The lowest BCUT2D eigenvalue weighted by molar-refractivity contribution is 0.0523. The molecule has 0 saturated heterocycles. The molecule has 0 unspecified atom stereocenters. The molecule has 4 nitrogen and oxygen atoms in total. The first-order valence-electron chi connectivity index (χ1n) is 11.2. The number of amides is 1. The summed E-state index contributed by atoms with van der Waals surface area (Å²) in [5, 5.41) is 2.99. The smallest absolute Gasteiger partial charge is 0.407 e. The van der Waals surface area contributed by atoms with Gasteiger partial charge < -0.3 is 10.1 Å². The van der Waals surface area contributed by atoms with Crippen molar-refractivity contribution in [2.45, 2.75) is 93.7 Å². The fourth-order valence-corrected chi connectivity index (χ4v) is 3.89. The van der Waals surface area contributed by atoms with E-state index in [2.05, 4.69) is 78.0 Å². The number of nitrogens with one attached hydrogen (secondary N) is 1. The van der Waals surface area contributed by atoms with Crippen LogP contribution in [0.25, 0.3) is 11.1 Å². The molecule has 170 valence electrons. The average molecular weight is 425 g/mol. The Bertz CT molecular complexity index is 914. The van der Waals surface area contributed by atoms with Gasteiger partial charge in [0, 0.05) is 23.5 Å². The Hall–Kier alpha value is -2.36. The molecule has 0 aliphatic heterocycles. The Labute approximate surface area is 188 Å². The quantitative estimate of drug-likeness (QED) is 0.557. The number of aromatic nitrogens is 1. The zero-order chi connectivity index (χ0) is 23.6. The van der Waals surface area contributed by atoms with Gasteiger partial charge in [0.2, 0.25) is 0 Å². The van der Waals surface area contributed by atoms with Gasteiger partial charge in [0.1, 0.15) is 5.60 Å². The monoisotopic (exact) mass is 424 g/mol. The fraction of sp³-hybridized carbons (Fsp3) is 0.556. The summed E-state index contributed by atoms with van der Waals surface area (Å²) in [6, 6.07) is 8.63. The van der Waals surface area contributed by atoms with E-state index in [1.807, 2.05) is 20.8 Å². The number of pyridine rings is 1. The molecule has 1 aromatic carbocycles. The maximum Gasteiger partial charge on any atom is 0.407 e. The van der Waals surface area contributed by atoms with Crippen LogP contribution in [-0.2, 0) is 17.7 Å². The largest absolute Gasteiger partial charge is 0.444 e. The predicted octanol–water partition coefficient (Wildman–Crippen LogP) is 7.10. The van der Waals surface area contributed by atoms with E-state index in [0.29, 0.717) is 12.5 Å². The molecule has 0 spiro atoms. The third-order valence-electron chi connectivity index (χ3n) is 5.04. The summed E-state index contributed by atoms with van der Waals surface area (Å²) >= 11 is 0. The van der Waals surface area contributed by atoms with Crippen LogP contribution in [0, 0.1) is 19.3 Å². The summed E-state index contributed by atoms with van der Waals surface area (Å²) in [7, 11) is 0. The summed E-state index contributed by atoms with van der Waals surface area (Å²) in [5.41, 5.74) is 7.54. The lowest BCUT2D eigenvalue weighted by atomic mass is 9.83. The number of rotatable bonds is 5. The van der Waals surface area contributed by atoms with Crippen molar-refractivity contribution < 1.29 is 9.53 Å². The minimum Gasteiger partial charge on any atom is -0.444 e. The van der Waals surface area contributed by atoms with Crippen LogP contribution in [-0.4, -0.2) is 16.7 Å². The second-order valence-electron chi connectivity index (χ2n) is 11.0. The summed E-state index contributed by atoms with van der Waals surface area (Å²) < 4.78 is 5.49. The molecule has 1 heterocycles. The number of nitrogens with zero attached hydrogens (tertiary/aromatic N) is 1. The highest BCUT2D eigenvalue weighted by molar-refractivity contribution is 5.75. The number of ether oxygens (including phenoxy) is 1. The number of carbonyl (C=O) groups excluding carboxylic acids is 1. The molecule has 0 atom stereocenters. The molecule has 0 saturated carbocycles. The molecule has 1 N–H and O–H groups in total. The third kappa shape index (κ3) is 7.09. The van der Waals surface area contributed by atoms with Gasteiger partial charge in [-0.2, -0.15) is 0 Å². The van der Waals surface area contributed by atoms with Crippen LogP contribution in [0.2, 0.25) is 0 Å². The summed E-state index contributed by atoms with van der Waals surface area (Å²) in [6.45, 7) is 21.3. The van der Waals surface area contributed by atoms with Crippen molar-refractivity contribution >= 4 is 6.09 Å². The van der Waals surface area contributed by atoms with E-state index in [1.165, 1.54) is 16.7 Å². The first kappa shape index (κ1) is 24.9. The molecule has 1 aromatic heterocycles. The van der Waals surface area contributed by atoms with Crippen molar-refractivity contribution in [2.24, 2.45) is 5.41 Å². The molecule has 1 amide bonds. The molecule has 4 heteroatoms. The minimum absolute atomic E-state index is 0.0734. The SMILES string of the molecule is Cc1ccc(-c2c(CNC(=O)OC(C)(C)C)c(CC(C)(C)C)nc(C)c2C(C)C)cc1. The summed E-state index contributed by atoms with van der Waals surface area (Å²) in [6.07, 6.45) is 0.423. The molecule has 2 aromatic rings. The minimum atomic E-state index is -0.535. The Morgan fingerprint density at radius 2 is 1.61 bits per heavy atom. The zero-order valence-corrected chi connectivity index (χ0v) is 21.1. The second-order valence-corrected chi connectivity index (χ2v) is 11.0. The number of hydrogen-bond donors (Lipinski definition) is 1. The Kier molecular flexibility index (Phi) is 7.57. The Balaban J connectivity index is 2.67. The van der Waals surface area contributed by atoms with Crippen molar-refractivity contribution in [3.63, 3.8) is 0 Å². The lowest BCUT2D eigenvalue weighted by Gasteiger charge is -2.27. The van der Waals surface area contributed by atoms with Gasteiger partial charge in [0.05, 0.1) is 0 Å². The molecular weight excluding hydrogens is 384 g/mol. The summed E-state index contributed by atoms with van der Waals surface area (Å²) in [5.74, 6) is 0.313. The Morgan fingerprint density at radius 1 is 1.03 bits per heavy atom. The first-order chi connectivity index (χ1) is 14.2. The molecule has 2 rings (SSSR count). The molecule has 0 bridgehead atoms. The third-order valence-corrected chi connectivity index (χ3v) is 5.04. The molecule has 0 radical (unpaired) electrons. The summed E-state index contributed by atoms with van der Waals surface area (Å²) in [4.78, 5) is 17.5. The van der Waals surface area contributed by atoms with Crippen LogP contribution < -0.4 is 5.32 Å². The van der Waals surface area contributed by atoms with Crippen LogP contribution in [0.4, 0.5) is 4.79 Å². The lowest BCUT2D eigenvalue weighted by Crippen LogP contribution is -2.33. The van der Waals surface area contributed by atoms with Crippen LogP contribution in [0.5, 0.6) is 0 Å². The van der Waals surface area contributed by atoms with Gasteiger partial charge in [0.15, 0.2) is 0 Å². The van der Waals surface area contributed by atoms with Gasteiger partial charge in [-0.05, 0) is 69.1 Å². The topological polar surface area (TPSA) is 51.2 Å². The maximum absolute atomic E-state index is 12.5. The number of benzene rings is 1. The van der Waals surface area contributed by atoms with E-state index in [0.717, 1.165) is 28.9 Å². The van der Waals surface area contributed by atoms with Gasteiger partial charge in [-0.3, -0.25) is 4.98 Å².